The summed E-state index contributed by atoms with van der Waals surface area (Å²) in [5.41, 5.74) is 2.55. The highest BCUT2D eigenvalue weighted by molar-refractivity contribution is 7.98. The van der Waals surface area contributed by atoms with Gasteiger partial charge in [0.1, 0.15) is 11.9 Å². The van der Waals surface area contributed by atoms with Crippen LogP contribution >= 0.6 is 11.8 Å². The van der Waals surface area contributed by atoms with E-state index in [0.29, 0.717) is 34.2 Å². The van der Waals surface area contributed by atoms with Gasteiger partial charge in [0.25, 0.3) is 0 Å². The molecule has 180 valence electrons. The molecule has 11 heteroatoms. The Hall–Kier alpha value is -3.70. The number of benzene rings is 2. The SMILES string of the molecule is COc1cc(NC(=O)Nc2cccc(CNC(=O)OC(CO)CSC)c2)ccc1-c1cnco1. The van der Waals surface area contributed by atoms with Crippen LogP contribution < -0.4 is 20.7 Å². The van der Waals surface area contributed by atoms with Gasteiger partial charge in [-0.2, -0.15) is 11.8 Å². The van der Waals surface area contributed by atoms with Crippen molar-refractivity contribution in [3.63, 3.8) is 0 Å². The fourth-order valence-corrected chi connectivity index (χ4v) is 3.60. The fraction of sp³-hybridized carbons (Fsp3) is 0.261. The molecular weight excluding hydrogens is 460 g/mol. The molecule has 2 aromatic carbocycles. The molecule has 0 bridgehead atoms. The number of methoxy groups -OCH3 is 1. The number of aromatic nitrogens is 1. The summed E-state index contributed by atoms with van der Waals surface area (Å²) in [5.74, 6) is 1.58. The van der Waals surface area contributed by atoms with Crippen molar-refractivity contribution in [1.82, 2.24) is 10.3 Å². The molecule has 0 fully saturated rings. The molecule has 1 heterocycles. The molecule has 0 saturated heterocycles. The van der Waals surface area contributed by atoms with Crippen LogP contribution in [0.1, 0.15) is 5.56 Å². The Morgan fingerprint density at radius 3 is 2.65 bits per heavy atom. The predicted molar refractivity (Wildman–Crippen MR) is 130 cm³/mol. The standard InChI is InChI=1S/C23H26N4O6S/c1-31-20-9-17(6-7-19(20)21-11-24-14-32-21)27-22(29)26-16-5-3-4-15(8-16)10-25-23(30)33-18(12-28)13-34-2/h3-9,11,14,18,28H,10,12-13H2,1-2H3,(H,25,30)(H2,26,27,29). The molecule has 0 radical (unpaired) electrons. The number of urea groups is 1. The number of thioether (sulfide) groups is 1. The highest BCUT2D eigenvalue weighted by Gasteiger charge is 2.13. The number of carbonyl (C=O) groups is 2. The fourth-order valence-electron chi connectivity index (χ4n) is 3.05. The van der Waals surface area contributed by atoms with Crippen LogP contribution in [0.3, 0.4) is 0 Å². The number of oxazole rings is 1. The molecule has 4 N–H and O–H groups in total. The smallest absolute Gasteiger partial charge is 0.407 e. The van der Waals surface area contributed by atoms with Crippen LogP contribution in [0.4, 0.5) is 21.0 Å². The molecule has 3 amide bonds. The molecule has 0 spiro atoms. The first-order valence-corrected chi connectivity index (χ1v) is 11.7. The molecule has 34 heavy (non-hydrogen) atoms. The maximum Gasteiger partial charge on any atom is 0.407 e. The van der Waals surface area contributed by atoms with Crippen LogP contribution in [0.15, 0.2) is 59.5 Å². The molecule has 0 aliphatic heterocycles. The van der Waals surface area contributed by atoms with Crippen LogP contribution in [0.25, 0.3) is 11.3 Å². The van der Waals surface area contributed by atoms with Crippen LogP contribution in [0.5, 0.6) is 5.75 Å². The third-order valence-corrected chi connectivity index (χ3v) is 5.31. The Morgan fingerprint density at radius 2 is 1.97 bits per heavy atom. The van der Waals surface area contributed by atoms with Crippen LogP contribution in [0.2, 0.25) is 0 Å². The topological polar surface area (TPSA) is 135 Å². The van der Waals surface area contributed by atoms with Gasteiger partial charge in [0, 0.05) is 29.7 Å². The minimum Gasteiger partial charge on any atom is -0.496 e. The number of ether oxygens (including phenoxy) is 2. The molecule has 0 saturated carbocycles. The van der Waals surface area contributed by atoms with Gasteiger partial charge in [0.05, 0.1) is 25.5 Å². The number of nitrogens with one attached hydrogen (secondary N) is 3. The second kappa shape index (κ2) is 12.5. The van der Waals surface area contributed by atoms with Crippen molar-refractivity contribution in [2.45, 2.75) is 12.6 Å². The zero-order valence-corrected chi connectivity index (χ0v) is 19.6. The summed E-state index contributed by atoms with van der Waals surface area (Å²) in [6.45, 7) is -0.0366. The average molecular weight is 487 g/mol. The van der Waals surface area contributed by atoms with Gasteiger partial charge in [-0.15, -0.1) is 0 Å². The first-order valence-electron chi connectivity index (χ1n) is 10.3. The maximum atomic E-state index is 12.5. The lowest BCUT2D eigenvalue weighted by Gasteiger charge is -2.15. The number of hydrogen-bond acceptors (Lipinski definition) is 8. The Bertz CT molecular complexity index is 1090. The quantitative estimate of drug-likeness (QED) is 0.338. The number of nitrogens with zero attached hydrogens (tertiary/aromatic N) is 1. The van der Waals surface area contributed by atoms with Crippen molar-refractivity contribution in [2.75, 3.05) is 36.4 Å². The third-order valence-electron chi connectivity index (χ3n) is 4.61. The van der Waals surface area contributed by atoms with E-state index < -0.39 is 18.2 Å². The van der Waals surface area contributed by atoms with Crippen molar-refractivity contribution in [3.05, 3.63) is 60.6 Å². The monoisotopic (exact) mass is 486 g/mol. The molecule has 1 unspecified atom stereocenters. The number of aliphatic hydroxyl groups excluding tert-OH is 1. The Labute approximate surface area is 201 Å². The van der Waals surface area contributed by atoms with E-state index in [1.165, 1.54) is 25.3 Å². The summed E-state index contributed by atoms with van der Waals surface area (Å²) in [5, 5.41) is 17.4. The van der Waals surface area contributed by atoms with E-state index in [1.54, 1.807) is 42.6 Å². The Balaban J connectivity index is 1.55. The van der Waals surface area contributed by atoms with Crippen LogP contribution in [-0.2, 0) is 11.3 Å². The number of hydrogen-bond donors (Lipinski definition) is 4. The Morgan fingerprint density at radius 1 is 1.18 bits per heavy atom. The summed E-state index contributed by atoms with van der Waals surface area (Å²) in [6.07, 6.45) is 3.59. The minimum atomic E-state index is -0.619. The van der Waals surface area contributed by atoms with Gasteiger partial charge in [-0.1, -0.05) is 12.1 Å². The maximum absolute atomic E-state index is 12.5. The molecule has 1 aromatic heterocycles. The van der Waals surface area contributed by atoms with E-state index >= 15 is 0 Å². The van der Waals surface area contributed by atoms with Gasteiger partial charge >= 0.3 is 12.1 Å². The van der Waals surface area contributed by atoms with Crippen molar-refractivity contribution in [1.29, 1.82) is 0 Å². The van der Waals surface area contributed by atoms with Gasteiger partial charge in [0.15, 0.2) is 12.2 Å². The number of alkyl carbamates (subject to hydrolysis) is 1. The van der Waals surface area contributed by atoms with Crippen molar-refractivity contribution >= 4 is 35.3 Å². The second-order valence-electron chi connectivity index (χ2n) is 7.08. The van der Waals surface area contributed by atoms with Gasteiger partial charge < -0.3 is 34.9 Å². The lowest BCUT2D eigenvalue weighted by atomic mass is 10.1. The summed E-state index contributed by atoms with van der Waals surface area (Å²) >= 11 is 1.48. The van der Waals surface area contributed by atoms with E-state index in [9.17, 15) is 14.7 Å². The van der Waals surface area contributed by atoms with Gasteiger partial charge in [0.2, 0.25) is 0 Å². The van der Waals surface area contributed by atoms with E-state index in [1.807, 2.05) is 12.3 Å². The van der Waals surface area contributed by atoms with Crippen molar-refractivity contribution in [2.24, 2.45) is 0 Å². The minimum absolute atomic E-state index is 0.202. The molecule has 0 aliphatic rings. The van der Waals surface area contributed by atoms with Gasteiger partial charge in [-0.3, -0.25) is 0 Å². The number of carbonyl (C=O) groups excluding carboxylic acids is 2. The van der Waals surface area contributed by atoms with Crippen LogP contribution in [0, 0.1) is 0 Å². The van der Waals surface area contributed by atoms with E-state index in [2.05, 4.69) is 20.9 Å². The summed E-state index contributed by atoms with van der Waals surface area (Å²) in [6, 6.07) is 11.8. The average Bonchev–Trinajstić information content (AvgIpc) is 3.37. The molecular formula is C23H26N4O6S. The molecule has 0 aliphatic carbocycles. The zero-order chi connectivity index (χ0) is 24.3. The first-order chi connectivity index (χ1) is 16.5. The largest absolute Gasteiger partial charge is 0.496 e. The van der Waals surface area contributed by atoms with Crippen molar-refractivity contribution in [3.8, 4) is 17.1 Å². The highest BCUT2D eigenvalue weighted by atomic mass is 32.2. The lowest BCUT2D eigenvalue weighted by molar-refractivity contribution is 0.0703. The van der Waals surface area contributed by atoms with E-state index in [-0.39, 0.29) is 13.2 Å². The normalized spacial score (nSPS) is 11.4. The van der Waals surface area contributed by atoms with Crippen molar-refractivity contribution < 1.29 is 28.6 Å². The van der Waals surface area contributed by atoms with Crippen LogP contribution in [-0.4, -0.2) is 54.0 Å². The lowest BCUT2D eigenvalue weighted by Crippen LogP contribution is -2.31. The molecule has 1 atom stereocenters. The molecule has 3 aromatic rings. The summed E-state index contributed by atoms with van der Waals surface area (Å²) < 4.78 is 15.9. The van der Waals surface area contributed by atoms with E-state index in [0.717, 1.165) is 5.56 Å². The first kappa shape index (κ1) is 24.9. The number of rotatable bonds is 10. The van der Waals surface area contributed by atoms with E-state index in [4.69, 9.17) is 13.9 Å². The van der Waals surface area contributed by atoms with Gasteiger partial charge in [-0.05, 0) is 36.1 Å². The highest BCUT2D eigenvalue weighted by Crippen LogP contribution is 2.32. The summed E-state index contributed by atoms with van der Waals surface area (Å²) in [7, 11) is 1.53. The zero-order valence-electron chi connectivity index (χ0n) is 18.7. The summed E-state index contributed by atoms with van der Waals surface area (Å²) in [4.78, 5) is 28.3. The number of anilines is 2. The molecule has 3 rings (SSSR count). The number of aliphatic hydroxyl groups is 1. The predicted octanol–water partition coefficient (Wildman–Crippen LogP) is 3.94. The third kappa shape index (κ3) is 7.15. The number of amides is 3. The second-order valence-corrected chi connectivity index (χ2v) is 7.99. The Kier molecular flexibility index (Phi) is 9.18. The molecule has 10 nitrogen and oxygen atoms in total. The van der Waals surface area contributed by atoms with Gasteiger partial charge in [-0.25, -0.2) is 14.6 Å².